The van der Waals surface area contributed by atoms with E-state index in [2.05, 4.69) is 9.47 Å². The van der Waals surface area contributed by atoms with E-state index in [9.17, 15) is 17.1 Å². The molecule has 1 fully saturated rings. The summed E-state index contributed by atoms with van der Waals surface area (Å²) in [5, 5.41) is 0. The molecule has 5 nitrogen and oxygen atoms in total. The maximum absolute atomic E-state index is 11.9. The van der Waals surface area contributed by atoms with Crippen molar-refractivity contribution in [1.82, 2.24) is 0 Å². The van der Waals surface area contributed by atoms with E-state index in [0.717, 1.165) is 0 Å². The molecule has 0 spiro atoms. The Bertz CT molecular complexity index is 272. The topological polar surface area (TPSA) is 69.7 Å². The average Bonchev–Trinajstić information content (AvgIpc) is 2.30. The van der Waals surface area contributed by atoms with Crippen molar-refractivity contribution in [2.75, 3.05) is 12.4 Å². The Balaban J connectivity index is 2.30. The SMILES string of the molecule is O=C1OCC(CCS(=O)(=O)F)O1. The largest absolute Gasteiger partial charge is 0.508 e. The number of ether oxygens (including phenoxy) is 2. The normalized spacial score (nSPS) is 23.4. The van der Waals surface area contributed by atoms with Crippen LogP contribution < -0.4 is 0 Å². The van der Waals surface area contributed by atoms with Crippen LogP contribution in [0.4, 0.5) is 8.68 Å². The minimum absolute atomic E-state index is 0.00560. The summed E-state index contributed by atoms with van der Waals surface area (Å²) in [6, 6.07) is 0. The highest BCUT2D eigenvalue weighted by Crippen LogP contribution is 2.11. The summed E-state index contributed by atoms with van der Waals surface area (Å²) < 4.78 is 40.8. The van der Waals surface area contributed by atoms with E-state index in [1.54, 1.807) is 0 Å². The average molecular weight is 198 g/mol. The molecule has 0 aliphatic carbocycles. The summed E-state index contributed by atoms with van der Waals surface area (Å²) in [5.41, 5.74) is 0. The van der Waals surface area contributed by atoms with Crippen LogP contribution in [0, 0.1) is 0 Å². The predicted octanol–water partition coefficient (Wildman–Crippen LogP) is 0.211. The molecule has 0 saturated carbocycles. The van der Waals surface area contributed by atoms with Crippen LogP contribution in [0.25, 0.3) is 0 Å². The van der Waals surface area contributed by atoms with Gasteiger partial charge in [-0.1, -0.05) is 0 Å². The second kappa shape index (κ2) is 3.26. The van der Waals surface area contributed by atoms with Crippen LogP contribution in [0.1, 0.15) is 6.42 Å². The molecule has 0 radical (unpaired) electrons. The first-order chi connectivity index (χ1) is 5.47. The summed E-state index contributed by atoms with van der Waals surface area (Å²) in [6.45, 7) is -0.00560. The van der Waals surface area contributed by atoms with Gasteiger partial charge in [-0.25, -0.2) is 4.79 Å². The fourth-order valence-corrected chi connectivity index (χ4v) is 1.32. The Morgan fingerprint density at radius 1 is 1.58 bits per heavy atom. The van der Waals surface area contributed by atoms with E-state index in [-0.39, 0.29) is 13.0 Å². The molecule has 1 unspecified atom stereocenters. The summed E-state index contributed by atoms with van der Waals surface area (Å²) in [5.74, 6) is -0.645. The van der Waals surface area contributed by atoms with E-state index < -0.39 is 28.2 Å². The number of hydrogen-bond donors (Lipinski definition) is 0. The van der Waals surface area contributed by atoms with Crippen LogP contribution in [-0.4, -0.2) is 33.0 Å². The van der Waals surface area contributed by atoms with Gasteiger partial charge in [0.15, 0.2) is 0 Å². The van der Waals surface area contributed by atoms with E-state index in [0.29, 0.717) is 0 Å². The van der Waals surface area contributed by atoms with E-state index >= 15 is 0 Å². The first-order valence-corrected chi connectivity index (χ1v) is 4.78. The molecule has 70 valence electrons. The fourth-order valence-electron chi connectivity index (χ4n) is 0.780. The summed E-state index contributed by atoms with van der Waals surface area (Å²) in [6.07, 6.45) is -1.54. The zero-order valence-electron chi connectivity index (χ0n) is 6.03. The van der Waals surface area contributed by atoms with Gasteiger partial charge in [0.05, 0.1) is 5.75 Å². The van der Waals surface area contributed by atoms with Crippen LogP contribution in [-0.2, 0) is 19.7 Å². The maximum Gasteiger partial charge on any atom is 0.508 e. The molecule has 1 atom stereocenters. The van der Waals surface area contributed by atoms with Gasteiger partial charge in [-0.2, -0.15) is 8.42 Å². The highest BCUT2D eigenvalue weighted by Gasteiger charge is 2.26. The third kappa shape index (κ3) is 3.04. The van der Waals surface area contributed by atoms with Gasteiger partial charge in [0.1, 0.15) is 12.7 Å². The third-order valence-electron chi connectivity index (χ3n) is 1.33. The molecule has 0 aromatic carbocycles. The maximum atomic E-state index is 11.9. The Kier molecular flexibility index (Phi) is 2.51. The molecule has 12 heavy (non-hydrogen) atoms. The van der Waals surface area contributed by atoms with Gasteiger partial charge in [0.2, 0.25) is 0 Å². The minimum Gasteiger partial charge on any atom is -0.430 e. The van der Waals surface area contributed by atoms with Crippen molar-refractivity contribution in [1.29, 1.82) is 0 Å². The third-order valence-corrected chi connectivity index (χ3v) is 2.06. The molecule has 1 rings (SSSR count). The van der Waals surface area contributed by atoms with Crippen molar-refractivity contribution >= 4 is 16.4 Å². The standard InChI is InChI=1S/C5H7FO5S/c6-12(8,9)2-1-4-3-10-5(7)11-4/h4H,1-3H2. The highest BCUT2D eigenvalue weighted by molar-refractivity contribution is 7.86. The lowest BCUT2D eigenvalue weighted by molar-refractivity contribution is 0.117. The van der Waals surface area contributed by atoms with Crippen LogP contribution in [0.5, 0.6) is 0 Å². The van der Waals surface area contributed by atoms with Gasteiger partial charge in [-0.3, -0.25) is 0 Å². The Morgan fingerprint density at radius 3 is 2.67 bits per heavy atom. The second-order valence-electron chi connectivity index (χ2n) is 2.33. The first-order valence-electron chi connectivity index (χ1n) is 3.23. The minimum atomic E-state index is -4.48. The van der Waals surface area contributed by atoms with Crippen LogP contribution in [0.3, 0.4) is 0 Å². The second-order valence-corrected chi connectivity index (χ2v) is 3.82. The van der Waals surface area contributed by atoms with Crippen LogP contribution >= 0.6 is 0 Å². The molecule has 0 aromatic rings. The molecule has 1 heterocycles. The number of halogens is 1. The molecule has 1 aliphatic heterocycles. The van der Waals surface area contributed by atoms with Crippen molar-refractivity contribution in [2.45, 2.75) is 12.5 Å². The van der Waals surface area contributed by atoms with Crippen molar-refractivity contribution in [3.8, 4) is 0 Å². The lowest BCUT2D eigenvalue weighted by Gasteiger charge is -2.01. The number of carbonyl (C=O) groups is 1. The predicted molar refractivity (Wildman–Crippen MR) is 35.7 cm³/mol. The number of cyclic esters (lactones) is 2. The van der Waals surface area contributed by atoms with Crippen molar-refractivity contribution in [3.05, 3.63) is 0 Å². The van der Waals surface area contributed by atoms with Gasteiger partial charge in [-0.05, 0) is 0 Å². The Morgan fingerprint density at radius 2 is 2.25 bits per heavy atom. The van der Waals surface area contributed by atoms with Crippen molar-refractivity contribution < 1.29 is 26.6 Å². The fraction of sp³-hybridized carbons (Fsp3) is 0.800. The molecule has 0 N–H and O–H groups in total. The van der Waals surface area contributed by atoms with Gasteiger partial charge < -0.3 is 9.47 Å². The molecular formula is C5H7FO5S. The summed E-state index contributed by atoms with van der Waals surface area (Å²) in [7, 11) is -4.48. The lowest BCUT2D eigenvalue weighted by Crippen LogP contribution is -2.14. The van der Waals surface area contributed by atoms with E-state index in [1.165, 1.54) is 0 Å². The monoisotopic (exact) mass is 198 g/mol. The van der Waals surface area contributed by atoms with Crippen LogP contribution in [0.2, 0.25) is 0 Å². The van der Waals surface area contributed by atoms with E-state index in [4.69, 9.17) is 0 Å². The smallest absolute Gasteiger partial charge is 0.430 e. The van der Waals surface area contributed by atoms with Gasteiger partial charge >= 0.3 is 16.4 Å². The number of rotatable bonds is 3. The van der Waals surface area contributed by atoms with Crippen molar-refractivity contribution in [3.63, 3.8) is 0 Å². The van der Waals surface area contributed by atoms with E-state index in [1.807, 2.05) is 0 Å². The van der Waals surface area contributed by atoms with Gasteiger partial charge in [-0.15, -0.1) is 3.89 Å². The quantitative estimate of drug-likeness (QED) is 0.479. The molecule has 0 amide bonds. The Labute approximate surface area is 68.7 Å². The van der Waals surface area contributed by atoms with Gasteiger partial charge in [0.25, 0.3) is 0 Å². The van der Waals surface area contributed by atoms with Crippen molar-refractivity contribution in [2.24, 2.45) is 0 Å². The summed E-state index contributed by atoms with van der Waals surface area (Å²) in [4.78, 5) is 10.3. The zero-order valence-corrected chi connectivity index (χ0v) is 6.84. The zero-order chi connectivity index (χ0) is 9.19. The lowest BCUT2D eigenvalue weighted by atomic mass is 10.3. The highest BCUT2D eigenvalue weighted by atomic mass is 32.3. The molecule has 7 heteroatoms. The molecule has 0 aromatic heterocycles. The number of hydrogen-bond acceptors (Lipinski definition) is 5. The first kappa shape index (κ1) is 9.24. The molecule has 1 aliphatic rings. The summed E-state index contributed by atoms with van der Waals surface area (Å²) >= 11 is 0. The molecule has 1 saturated heterocycles. The Hall–Kier alpha value is -0.850. The molecule has 0 bridgehead atoms. The number of carbonyl (C=O) groups excluding carboxylic acids is 1. The molecular weight excluding hydrogens is 191 g/mol. The van der Waals surface area contributed by atoms with Gasteiger partial charge in [0, 0.05) is 6.42 Å². The van der Waals surface area contributed by atoms with Crippen LogP contribution in [0.15, 0.2) is 0 Å².